The fourth-order valence-electron chi connectivity index (χ4n) is 3.29. The molecule has 124 valence electrons. The molecule has 0 N–H and O–H groups in total. The van der Waals surface area contributed by atoms with E-state index in [1.165, 1.54) is 12.1 Å². The maximum absolute atomic E-state index is 13.0. The molecule has 1 aliphatic carbocycles. The highest BCUT2D eigenvalue weighted by Crippen LogP contribution is 2.48. The van der Waals surface area contributed by atoms with Crippen molar-refractivity contribution < 1.29 is 14.0 Å². The predicted molar refractivity (Wildman–Crippen MR) is 85.2 cm³/mol. The molecule has 2 atom stereocenters. The molecule has 0 radical (unpaired) electrons. The number of halogens is 1. The van der Waals surface area contributed by atoms with Crippen molar-refractivity contribution in [2.45, 2.75) is 26.2 Å². The minimum atomic E-state index is -0.247. The summed E-state index contributed by atoms with van der Waals surface area (Å²) in [6.45, 7) is 6.27. The highest BCUT2D eigenvalue weighted by atomic mass is 19.1. The monoisotopic (exact) mass is 318 g/mol. The Morgan fingerprint density at radius 3 is 2.17 bits per heavy atom. The predicted octanol–water partition coefficient (Wildman–Crippen LogP) is 2.26. The average molecular weight is 318 g/mol. The third kappa shape index (κ3) is 3.38. The van der Waals surface area contributed by atoms with E-state index in [-0.39, 0.29) is 35.4 Å². The minimum absolute atomic E-state index is 0.00328. The molecule has 1 heterocycles. The quantitative estimate of drug-likeness (QED) is 0.858. The number of hydrogen-bond acceptors (Lipinski definition) is 2. The minimum Gasteiger partial charge on any atom is -0.339 e. The molecule has 0 bridgehead atoms. The Hall–Kier alpha value is -1.91. The van der Waals surface area contributed by atoms with E-state index < -0.39 is 0 Å². The van der Waals surface area contributed by atoms with Crippen LogP contribution in [0.2, 0.25) is 0 Å². The Labute approximate surface area is 136 Å². The summed E-state index contributed by atoms with van der Waals surface area (Å²) in [5.41, 5.74) is 1.04. The maximum Gasteiger partial charge on any atom is 0.226 e. The van der Waals surface area contributed by atoms with Crippen molar-refractivity contribution in [3.63, 3.8) is 0 Å². The molecule has 1 aromatic rings. The molecule has 2 fully saturated rings. The highest BCUT2D eigenvalue weighted by Gasteiger charge is 2.46. The maximum atomic E-state index is 13.0. The summed E-state index contributed by atoms with van der Waals surface area (Å²) in [5, 5.41) is 0. The van der Waals surface area contributed by atoms with E-state index in [0.717, 1.165) is 12.0 Å². The Bertz CT molecular complexity index is 592. The summed E-state index contributed by atoms with van der Waals surface area (Å²) in [6, 6.07) is 6.44. The fraction of sp³-hybridized carbons (Fsp3) is 0.556. The van der Waals surface area contributed by atoms with E-state index in [1.54, 1.807) is 12.1 Å². The van der Waals surface area contributed by atoms with Crippen LogP contribution in [0, 0.1) is 17.7 Å². The molecule has 0 aromatic heterocycles. The SMILES string of the molecule is CC(C)C(=O)N1CCN(C(=O)C2CC2c2ccc(F)cc2)CC1. The zero-order valence-electron chi connectivity index (χ0n) is 13.7. The number of piperazine rings is 1. The molecule has 1 aliphatic heterocycles. The Morgan fingerprint density at radius 1 is 1.04 bits per heavy atom. The summed E-state index contributed by atoms with van der Waals surface area (Å²) in [4.78, 5) is 28.3. The van der Waals surface area contributed by atoms with Crippen LogP contribution in [-0.2, 0) is 9.59 Å². The zero-order chi connectivity index (χ0) is 16.6. The second-order valence-corrected chi connectivity index (χ2v) is 6.81. The number of amides is 2. The molecule has 2 unspecified atom stereocenters. The summed E-state index contributed by atoms with van der Waals surface area (Å²) in [5.74, 6) is 0.335. The lowest BCUT2D eigenvalue weighted by Crippen LogP contribution is -2.52. The van der Waals surface area contributed by atoms with Gasteiger partial charge in [-0.25, -0.2) is 4.39 Å². The van der Waals surface area contributed by atoms with Crippen LogP contribution >= 0.6 is 0 Å². The number of rotatable bonds is 3. The van der Waals surface area contributed by atoms with Crippen molar-refractivity contribution >= 4 is 11.8 Å². The Balaban J connectivity index is 1.53. The molecular formula is C18H23FN2O2. The van der Waals surface area contributed by atoms with Gasteiger partial charge in [0.15, 0.2) is 0 Å². The van der Waals surface area contributed by atoms with Crippen molar-refractivity contribution in [3.05, 3.63) is 35.6 Å². The van der Waals surface area contributed by atoms with E-state index >= 15 is 0 Å². The lowest BCUT2D eigenvalue weighted by Gasteiger charge is -2.35. The zero-order valence-corrected chi connectivity index (χ0v) is 13.7. The standard InChI is InChI=1S/C18H23FN2O2/c1-12(2)17(22)20-7-9-21(10-8-20)18(23)16-11-15(16)13-3-5-14(19)6-4-13/h3-6,12,15-16H,7-11H2,1-2H3. The van der Waals surface area contributed by atoms with Gasteiger partial charge in [0.05, 0.1) is 0 Å². The summed E-state index contributed by atoms with van der Waals surface area (Å²) in [7, 11) is 0. The van der Waals surface area contributed by atoms with Gasteiger partial charge < -0.3 is 9.80 Å². The van der Waals surface area contributed by atoms with Gasteiger partial charge in [-0.15, -0.1) is 0 Å². The Morgan fingerprint density at radius 2 is 1.61 bits per heavy atom. The number of carbonyl (C=O) groups excluding carboxylic acids is 2. The van der Waals surface area contributed by atoms with E-state index in [4.69, 9.17) is 0 Å². The van der Waals surface area contributed by atoms with Crippen LogP contribution in [0.25, 0.3) is 0 Å². The van der Waals surface area contributed by atoms with Crippen molar-refractivity contribution in [1.29, 1.82) is 0 Å². The third-order valence-corrected chi connectivity index (χ3v) is 4.80. The summed E-state index contributed by atoms with van der Waals surface area (Å²) >= 11 is 0. The molecule has 2 amide bonds. The number of benzene rings is 1. The van der Waals surface area contributed by atoms with Gasteiger partial charge >= 0.3 is 0 Å². The van der Waals surface area contributed by atoms with E-state index in [2.05, 4.69) is 0 Å². The summed E-state index contributed by atoms with van der Waals surface area (Å²) < 4.78 is 13.0. The molecule has 23 heavy (non-hydrogen) atoms. The van der Waals surface area contributed by atoms with Crippen LogP contribution in [0.5, 0.6) is 0 Å². The normalized spacial score (nSPS) is 24.0. The van der Waals surface area contributed by atoms with Gasteiger partial charge in [-0.05, 0) is 30.0 Å². The number of hydrogen-bond donors (Lipinski definition) is 0. The van der Waals surface area contributed by atoms with Crippen LogP contribution in [0.1, 0.15) is 31.7 Å². The molecule has 1 aromatic carbocycles. The molecule has 1 saturated carbocycles. The van der Waals surface area contributed by atoms with Crippen LogP contribution in [0.4, 0.5) is 4.39 Å². The van der Waals surface area contributed by atoms with Crippen molar-refractivity contribution in [2.24, 2.45) is 11.8 Å². The molecule has 3 rings (SSSR count). The van der Waals surface area contributed by atoms with Crippen LogP contribution in [-0.4, -0.2) is 47.8 Å². The second kappa shape index (κ2) is 6.30. The molecule has 4 nitrogen and oxygen atoms in total. The van der Waals surface area contributed by atoms with Gasteiger partial charge in [-0.1, -0.05) is 26.0 Å². The number of carbonyl (C=O) groups is 2. The fourth-order valence-corrected chi connectivity index (χ4v) is 3.29. The van der Waals surface area contributed by atoms with Gasteiger partial charge in [-0.2, -0.15) is 0 Å². The lowest BCUT2D eigenvalue weighted by molar-refractivity contribution is -0.142. The average Bonchev–Trinajstić information content (AvgIpc) is 3.35. The van der Waals surface area contributed by atoms with Gasteiger partial charge in [0, 0.05) is 38.0 Å². The van der Waals surface area contributed by atoms with E-state index in [9.17, 15) is 14.0 Å². The van der Waals surface area contributed by atoms with E-state index in [0.29, 0.717) is 26.2 Å². The van der Waals surface area contributed by atoms with Crippen molar-refractivity contribution in [2.75, 3.05) is 26.2 Å². The molecule has 5 heteroatoms. The van der Waals surface area contributed by atoms with Crippen molar-refractivity contribution in [1.82, 2.24) is 9.80 Å². The van der Waals surface area contributed by atoms with E-state index in [1.807, 2.05) is 23.6 Å². The largest absolute Gasteiger partial charge is 0.339 e. The molecule has 0 spiro atoms. The molecular weight excluding hydrogens is 295 g/mol. The first-order valence-corrected chi connectivity index (χ1v) is 8.30. The van der Waals surface area contributed by atoms with Crippen LogP contribution in [0.15, 0.2) is 24.3 Å². The van der Waals surface area contributed by atoms with Crippen LogP contribution in [0.3, 0.4) is 0 Å². The van der Waals surface area contributed by atoms with Gasteiger partial charge in [-0.3, -0.25) is 9.59 Å². The van der Waals surface area contributed by atoms with Crippen molar-refractivity contribution in [3.8, 4) is 0 Å². The van der Waals surface area contributed by atoms with Crippen LogP contribution < -0.4 is 0 Å². The van der Waals surface area contributed by atoms with Gasteiger partial charge in [0.2, 0.25) is 11.8 Å². The third-order valence-electron chi connectivity index (χ3n) is 4.80. The first-order chi connectivity index (χ1) is 11.0. The highest BCUT2D eigenvalue weighted by molar-refractivity contribution is 5.83. The van der Waals surface area contributed by atoms with Gasteiger partial charge in [0.25, 0.3) is 0 Å². The molecule has 1 saturated heterocycles. The summed E-state index contributed by atoms with van der Waals surface area (Å²) in [6.07, 6.45) is 0.843. The first-order valence-electron chi connectivity index (χ1n) is 8.30. The second-order valence-electron chi connectivity index (χ2n) is 6.81. The smallest absolute Gasteiger partial charge is 0.226 e. The van der Waals surface area contributed by atoms with Gasteiger partial charge in [0.1, 0.15) is 5.82 Å². The topological polar surface area (TPSA) is 40.6 Å². The Kier molecular flexibility index (Phi) is 4.37. The lowest BCUT2D eigenvalue weighted by atomic mass is 10.1. The molecule has 2 aliphatic rings. The first kappa shape index (κ1) is 16.0. The number of nitrogens with zero attached hydrogens (tertiary/aromatic N) is 2.